The van der Waals surface area contributed by atoms with Crippen molar-refractivity contribution in [2.45, 2.75) is 38.1 Å². The topological polar surface area (TPSA) is 61.8 Å². The number of amides is 2. The summed E-state index contributed by atoms with van der Waals surface area (Å²) in [6.07, 6.45) is 5.46. The monoisotopic (exact) mass is 317 g/mol. The van der Waals surface area contributed by atoms with Crippen LogP contribution in [0, 0.1) is 4.91 Å². The third-order valence-electron chi connectivity index (χ3n) is 2.56. The van der Waals surface area contributed by atoms with Gasteiger partial charge in [0.2, 0.25) is 0 Å². The predicted molar refractivity (Wildman–Crippen MR) is 75.2 cm³/mol. The van der Waals surface area contributed by atoms with Gasteiger partial charge in [-0.3, -0.25) is 0 Å². The highest BCUT2D eigenvalue weighted by Crippen LogP contribution is 2.17. The molecule has 0 aromatic heterocycles. The van der Waals surface area contributed by atoms with Gasteiger partial charge in [0.15, 0.2) is 0 Å². The van der Waals surface area contributed by atoms with Gasteiger partial charge in [-0.05, 0) is 12.8 Å². The maximum Gasteiger partial charge on any atom is 0.340 e. The van der Waals surface area contributed by atoms with Gasteiger partial charge in [0.1, 0.15) is 0 Å². The Morgan fingerprint density at radius 2 is 1.78 bits per heavy atom. The zero-order valence-corrected chi connectivity index (χ0v) is 12.3. The molecule has 0 saturated heterocycles. The van der Waals surface area contributed by atoms with Gasteiger partial charge in [-0.1, -0.05) is 19.3 Å². The minimum Gasteiger partial charge on any atom is -0.334 e. The Bertz CT molecular complexity index is 238. The molecular weight excluding hydrogens is 300 g/mol. The first-order valence-corrected chi connectivity index (χ1v) is 7.39. The Morgan fingerprint density at radius 1 is 1.22 bits per heavy atom. The SMILES string of the molecule is ClCCl.O=NN(CCCl)C(=O)NC1CCCCC1. The van der Waals surface area contributed by atoms with Crippen molar-refractivity contribution in [2.24, 2.45) is 5.29 Å². The smallest absolute Gasteiger partial charge is 0.334 e. The summed E-state index contributed by atoms with van der Waals surface area (Å²) in [5, 5.41) is 6.45. The molecule has 0 aromatic rings. The Kier molecular flexibility index (Phi) is 11.6. The number of hydrogen-bond acceptors (Lipinski definition) is 3. The molecule has 1 N–H and O–H groups in total. The van der Waals surface area contributed by atoms with Gasteiger partial charge >= 0.3 is 6.03 Å². The Balaban J connectivity index is 0.000000873. The first-order valence-electron chi connectivity index (χ1n) is 5.78. The highest BCUT2D eigenvalue weighted by molar-refractivity contribution is 6.40. The quantitative estimate of drug-likeness (QED) is 0.488. The summed E-state index contributed by atoms with van der Waals surface area (Å²) in [5.74, 6) is 0.212. The zero-order valence-electron chi connectivity index (χ0n) is 10.1. The number of carbonyl (C=O) groups excluding carboxylic acids is 1. The summed E-state index contributed by atoms with van der Waals surface area (Å²) in [6, 6.07) is -0.247. The van der Waals surface area contributed by atoms with Crippen molar-refractivity contribution in [3.63, 3.8) is 0 Å². The van der Waals surface area contributed by atoms with Gasteiger partial charge < -0.3 is 5.32 Å². The first kappa shape index (κ1) is 17.7. The van der Waals surface area contributed by atoms with Crippen molar-refractivity contribution in [3.05, 3.63) is 4.91 Å². The van der Waals surface area contributed by atoms with Gasteiger partial charge in [-0.2, -0.15) is 5.01 Å². The number of nitrogens with one attached hydrogen (secondary N) is 1. The summed E-state index contributed by atoms with van der Waals surface area (Å²) in [5.41, 5.74) is 0. The molecule has 2 amide bonds. The van der Waals surface area contributed by atoms with Crippen LogP contribution >= 0.6 is 34.8 Å². The van der Waals surface area contributed by atoms with E-state index in [0.717, 1.165) is 30.7 Å². The van der Waals surface area contributed by atoms with Crippen molar-refractivity contribution in [1.29, 1.82) is 0 Å². The van der Waals surface area contributed by atoms with Gasteiger partial charge in [-0.15, -0.1) is 39.7 Å². The third kappa shape index (κ3) is 7.95. The second kappa shape index (κ2) is 11.8. The highest BCUT2D eigenvalue weighted by Gasteiger charge is 2.19. The molecule has 1 rings (SSSR count). The number of nitrogens with zero attached hydrogens (tertiary/aromatic N) is 2. The number of alkyl halides is 3. The lowest BCUT2D eigenvalue weighted by Gasteiger charge is -2.24. The molecule has 0 aromatic carbocycles. The van der Waals surface area contributed by atoms with E-state index in [9.17, 15) is 9.70 Å². The Labute approximate surface area is 122 Å². The molecule has 8 heteroatoms. The molecule has 0 heterocycles. The molecule has 0 aliphatic heterocycles. The number of halogens is 3. The van der Waals surface area contributed by atoms with Crippen LogP contribution in [0.3, 0.4) is 0 Å². The molecular formula is C10H18Cl3N3O2. The van der Waals surface area contributed by atoms with Gasteiger partial charge in [0, 0.05) is 11.9 Å². The first-order chi connectivity index (χ1) is 8.69. The van der Waals surface area contributed by atoms with E-state index in [1.54, 1.807) is 0 Å². The molecule has 1 aliphatic rings. The summed E-state index contributed by atoms with van der Waals surface area (Å²) in [6.45, 7) is 0.156. The highest BCUT2D eigenvalue weighted by atomic mass is 35.5. The molecule has 5 nitrogen and oxygen atoms in total. The van der Waals surface area contributed by atoms with E-state index in [4.69, 9.17) is 34.8 Å². The molecule has 0 unspecified atom stereocenters. The van der Waals surface area contributed by atoms with Crippen LogP contribution in [0.4, 0.5) is 4.79 Å². The van der Waals surface area contributed by atoms with Crippen molar-refractivity contribution in [3.8, 4) is 0 Å². The maximum absolute atomic E-state index is 11.5. The molecule has 0 atom stereocenters. The van der Waals surface area contributed by atoms with Crippen molar-refractivity contribution in [2.75, 3.05) is 17.8 Å². The van der Waals surface area contributed by atoms with Crippen LogP contribution in [0.5, 0.6) is 0 Å². The van der Waals surface area contributed by atoms with E-state index >= 15 is 0 Å². The van der Waals surface area contributed by atoms with E-state index in [1.165, 1.54) is 6.42 Å². The van der Waals surface area contributed by atoms with E-state index in [0.29, 0.717) is 0 Å². The fourth-order valence-electron chi connectivity index (χ4n) is 1.76. The van der Waals surface area contributed by atoms with Crippen LogP contribution < -0.4 is 5.32 Å². The molecule has 1 saturated carbocycles. The summed E-state index contributed by atoms with van der Waals surface area (Å²) >= 11 is 15.0. The van der Waals surface area contributed by atoms with E-state index < -0.39 is 6.03 Å². The fourth-order valence-corrected chi connectivity index (χ4v) is 1.92. The van der Waals surface area contributed by atoms with Crippen LogP contribution in [-0.2, 0) is 0 Å². The minimum absolute atomic E-state index is 0.156. The van der Waals surface area contributed by atoms with Crippen LogP contribution in [-0.4, -0.2) is 34.8 Å². The van der Waals surface area contributed by atoms with Gasteiger partial charge in [0.25, 0.3) is 0 Å². The third-order valence-corrected chi connectivity index (χ3v) is 2.73. The average Bonchev–Trinajstić information content (AvgIpc) is 2.38. The largest absolute Gasteiger partial charge is 0.340 e. The molecule has 0 radical (unpaired) electrons. The molecule has 1 aliphatic carbocycles. The zero-order chi connectivity index (χ0) is 13.8. The minimum atomic E-state index is -0.433. The second-order valence-corrected chi connectivity index (χ2v) is 4.97. The standard InChI is InChI=1S/C9H16ClN3O2.CH2Cl2/c10-6-7-13(12-15)9(14)11-8-4-2-1-3-5-8;2-1-3/h8H,1-7H2,(H,11,14);1H2. The van der Waals surface area contributed by atoms with Crippen molar-refractivity contribution in [1.82, 2.24) is 10.3 Å². The Morgan fingerprint density at radius 3 is 2.22 bits per heavy atom. The number of urea groups is 1. The lowest BCUT2D eigenvalue weighted by atomic mass is 9.96. The number of carbonyl (C=O) groups is 1. The van der Waals surface area contributed by atoms with Gasteiger partial charge in [0.05, 0.1) is 17.2 Å². The fraction of sp³-hybridized carbons (Fsp3) is 0.900. The van der Waals surface area contributed by atoms with E-state index in [2.05, 4.69) is 10.6 Å². The predicted octanol–water partition coefficient (Wildman–Crippen LogP) is 3.67. The van der Waals surface area contributed by atoms with Crippen molar-refractivity contribution < 1.29 is 4.79 Å². The summed E-state index contributed by atoms with van der Waals surface area (Å²) < 4.78 is 0. The lowest BCUT2D eigenvalue weighted by molar-refractivity contribution is 0.194. The van der Waals surface area contributed by atoms with Crippen LogP contribution in [0.15, 0.2) is 5.29 Å². The van der Waals surface area contributed by atoms with Gasteiger partial charge in [-0.25, -0.2) is 4.79 Å². The van der Waals surface area contributed by atoms with Crippen LogP contribution in [0.1, 0.15) is 32.1 Å². The normalized spacial score (nSPS) is 15.3. The maximum atomic E-state index is 11.5. The second-order valence-electron chi connectivity index (χ2n) is 3.78. The molecule has 1 fully saturated rings. The molecule has 0 spiro atoms. The number of rotatable bonds is 4. The lowest BCUT2D eigenvalue weighted by Crippen LogP contribution is -2.43. The summed E-state index contributed by atoms with van der Waals surface area (Å²) in [4.78, 5) is 21.8. The molecule has 0 bridgehead atoms. The van der Waals surface area contributed by atoms with Crippen LogP contribution in [0.2, 0.25) is 0 Å². The Hall–Kier alpha value is -0.260. The molecule has 106 valence electrons. The molecule has 18 heavy (non-hydrogen) atoms. The van der Waals surface area contributed by atoms with Crippen LogP contribution in [0.25, 0.3) is 0 Å². The van der Waals surface area contributed by atoms with Crippen molar-refractivity contribution >= 4 is 40.8 Å². The average molecular weight is 319 g/mol. The van der Waals surface area contributed by atoms with E-state index in [1.807, 2.05) is 0 Å². The number of nitroso groups, excluding NO2 is 1. The van der Waals surface area contributed by atoms with E-state index in [-0.39, 0.29) is 23.8 Å². The number of hydrogen-bond donors (Lipinski definition) is 1. The summed E-state index contributed by atoms with van der Waals surface area (Å²) in [7, 11) is 0.